The van der Waals surface area contributed by atoms with Crippen LogP contribution < -0.4 is 5.32 Å². The molecule has 0 atom stereocenters. The van der Waals surface area contributed by atoms with Gasteiger partial charge in [0.25, 0.3) is 0 Å². The van der Waals surface area contributed by atoms with Gasteiger partial charge in [-0.2, -0.15) is 0 Å². The topological polar surface area (TPSA) is 49.9 Å². The average Bonchev–Trinajstić information content (AvgIpc) is 2.16. The molecule has 1 aliphatic heterocycles. The quantitative estimate of drug-likeness (QED) is 0.665. The SMILES string of the molecule is CNc1nc(=S)[nH]c2c1CCOC2. The molecular weight excluding hydrogens is 186 g/mol. The highest BCUT2D eigenvalue weighted by Crippen LogP contribution is 2.20. The first-order valence-corrected chi connectivity index (χ1v) is 4.59. The van der Waals surface area contributed by atoms with Crippen molar-refractivity contribution < 1.29 is 4.74 Å². The lowest BCUT2D eigenvalue weighted by Crippen LogP contribution is -2.15. The summed E-state index contributed by atoms with van der Waals surface area (Å²) in [5.74, 6) is 0.877. The molecule has 70 valence electrons. The maximum atomic E-state index is 5.32. The molecule has 4 nitrogen and oxygen atoms in total. The Morgan fingerprint density at radius 2 is 2.46 bits per heavy atom. The van der Waals surface area contributed by atoms with Crippen molar-refractivity contribution in [3.63, 3.8) is 0 Å². The number of hydrogen-bond acceptors (Lipinski definition) is 4. The van der Waals surface area contributed by atoms with Gasteiger partial charge in [0.1, 0.15) is 5.82 Å². The Labute approximate surface area is 81.3 Å². The Bertz CT molecular complexity index is 354. The van der Waals surface area contributed by atoms with Gasteiger partial charge in [-0.25, -0.2) is 4.98 Å². The van der Waals surface area contributed by atoms with Crippen LogP contribution in [0.4, 0.5) is 5.82 Å². The van der Waals surface area contributed by atoms with Gasteiger partial charge in [0.2, 0.25) is 0 Å². The molecular formula is C8H11N3OS. The van der Waals surface area contributed by atoms with Gasteiger partial charge in [0.15, 0.2) is 4.77 Å². The number of H-pyrrole nitrogens is 1. The summed E-state index contributed by atoms with van der Waals surface area (Å²) in [4.78, 5) is 7.24. The van der Waals surface area contributed by atoms with Gasteiger partial charge in [-0.3, -0.25) is 0 Å². The molecule has 2 heterocycles. The normalized spacial score (nSPS) is 15.2. The fourth-order valence-electron chi connectivity index (χ4n) is 1.49. The fourth-order valence-corrected chi connectivity index (χ4v) is 1.71. The molecule has 1 aliphatic rings. The molecule has 0 saturated heterocycles. The van der Waals surface area contributed by atoms with Gasteiger partial charge in [-0.1, -0.05) is 0 Å². The molecule has 0 amide bonds. The van der Waals surface area contributed by atoms with Crippen molar-refractivity contribution in [3.05, 3.63) is 16.0 Å². The number of aromatic amines is 1. The van der Waals surface area contributed by atoms with Crippen molar-refractivity contribution in [2.24, 2.45) is 0 Å². The van der Waals surface area contributed by atoms with E-state index in [4.69, 9.17) is 17.0 Å². The van der Waals surface area contributed by atoms with Crippen LogP contribution in [0.1, 0.15) is 11.3 Å². The molecule has 13 heavy (non-hydrogen) atoms. The minimum Gasteiger partial charge on any atom is -0.375 e. The number of rotatable bonds is 1. The molecule has 0 aromatic carbocycles. The minimum absolute atomic E-state index is 0.508. The maximum absolute atomic E-state index is 5.32. The van der Waals surface area contributed by atoms with E-state index in [1.807, 2.05) is 7.05 Å². The first kappa shape index (κ1) is 8.65. The van der Waals surface area contributed by atoms with Gasteiger partial charge in [-0.15, -0.1) is 0 Å². The third kappa shape index (κ3) is 1.57. The highest BCUT2D eigenvalue weighted by atomic mass is 32.1. The molecule has 5 heteroatoms. The molecule has 0 saturated carbocycles. The van der Waals surface area contributed by atoms with E-state index in [1.165, 1.54) is 5.56 Å². The van der Waals surface area contributed by atoms with E-state index in [2.05, 4.69) is 15.3 Å². The summed E-state index contributed by atoms with van der Waals surface area (Å²) in [5, 5.41) is 3.04. The molecule has 0 aliphatic carbocycles. The second-order valence-electron chi connectivity index (χ2n) is 2.90. The van der Waals surface area contributed by atoms with Gasteiger partial charge in [0, 0.05) is 19.0 Å². The van der Waals surface area contributed by atoms with Crippen LogP contribution in [0, 0.1) is 4.77 Å². The van der Waals surface area contributed by atoms with E-state index < -0.39 is 0 Å². The lowest BCUT2D eigenvalue weighted by molar-refractivity contribution is 0.107. The summed E-state index contributed by atoms with van der Waals surface area (Å²) in [7, 11) is 1.85. The molecule has 0 spiro atoms. The summed E-state index contributed by atoms with van der Waals surface area (Å²) in [6.07, 6.45) is 0.893. The monoisotopic (exact) mass is 197 g/mol. The Morgan fingerprint density at radius 3 is 3.23 bits per heavy atom. The summed E-state index contributed by atoms with van der Waals surface area (Å²) >= 11 is 4.99. The molecule has 0 bridgehead atoms. The zero-order chi connectivity index (χ0) is 9.26. The molecule has 2 rings (SSSR count). The van der Waals surface area contributed by atoms with E-state index in [0.717, 1.165) is 24.5 Å². The predicted octanol–water partition coefficient (Wildman–Crippen LogP) is 1.25. The molecule has 1 aromatic heterocycles. The largest absolute Gasteiger partial charge is 0.375 e. The predicted molar refractivity (Wildman–Crippen MR) is 52.3 cm³/mol. The molecule has 2 N–H and O–H groups in total. The maximum Gasteiger partial charge on any atom is 0.199 e. The number of fused-ring (bicyclic) bond motifs is 1. The second-order valence-corrected chi connectivity index (χ2v) is 3.29. The number of nitrogens with zero attached hydrogens (tertiary/aromatic N) is 1. The smallest absolute Gasteiger partial charge is 0.199 e. The number of anilines is 1. The van der Waals surface area contributed by atoms with Crippen LogP contribution in [0.2, 0.25) is 0 Å². The highest BCUT2D eigenvalue weighted by Gasteiger charge is 2.14. The van der Waals surface area contributed by atoms with Crippen molar-refractivity contribution in [2.75, 3.05) is 19.0 Å². The van der Waals surface area contributed by atoms with E-state index in [9.17, 15) is 0 Å². The Kier molecular flexibility index (Phi) is 2.28. The number of nitrogens with one attached hydrogen (secondary N) is 2. The number of aromatic nitrogens is 2. The Hall–Kier alpha value is -0.940. The summed E-state index contributed by atoms with van der Waals surface area (Å²) < 4.78 is 5.83. The standard InChI is InChI=1S/C8H11N3OS/c1-9-7-5-2-3-12-4-6(5)10-8(13)11-7/h2-4H2,1H3,(H2,9,10,11,13). The van der Waals surface area contributed by atoms with Crippen LogP contribution in [0.25, 0.3) is 0 Å². The van der Waals surface area contributed by atoms with Crippen molar-refractivity contribution >= 4 is 18.0 Å². The van der Waals surface area contributed by atoms with Gasteiger partial charge >= 0.3 is 0 Å². The molecule has 0 fully saturated rings. The highest BCUT2D eigenvalue weighted by molar-refractivity contribution is 7.71. The van der Waals surface area contributed by atoms with Crippen molar-refractivity contribution in [1.82, 2.24) is 9.97 Å². The molecule has 0 radical (unpaired) electrons. The summed E-state index contributed by atoms with van der Waals surface area (Å²) in [6.45, 7) is 1.37. The van der Waals surface area contributed by atoms with E-state index in [1.54, 1.807) is 0 Å². The van der Waals surface area contributed by atoms with Crippen molar-refractivity contribution in [3.8, 4) is 0 Å². The van der Waals surface area contributed by atoms with Crippen molar-refractivity contribution in [1.29, 1.82) is 0 Å². The van der Waals surface area contributed by atoms with Gasteiger partial charge in [0.05, 0.1) is 18.9 Å². The van der Waals surface area contributed by atoms with Crippen LogP contribution in [-0.2, 0) is 17.8 Å². The van der Waals surface area contributed by atoms with Crippen LogP contribution in [0.3, 0.4) is 0 Å². The first-order chi connectivity index (χ1) is 6.31. The minimum atomic E-state index is 0.508. The van der Waals surface area contributed by atoms with E-state index in [-0.39, 0.29) is 0 Å². The van der Waals surface area contributed by atoms with E-state index in [0.29, 0.717) is 11.4 Å². The third-order valence-corrected chi connectivity index (χ3v) is 2.29. The van der Waals surface area contributed by atoms with Gasteiger partial charge in [-0.05, 0) is 12.2 Å². The number of hydrogen-bond donors (Lipinski definition) is 2. The zero-order valence-electron chi connectivity index (χ0n) is 7.39. The first-order valence-electron chi connectivity index (χ1n) is 4.19. The second kappa shape index (κ2) is 3.43. The van der Waals surface area contributed by atoms with Crippen molar-refractivity contribution in [2.45, 2.75) is 13.0 Å². The van der Waals surface area contributed by atoms with Crippen LogP contribution in [-0.4, -0.2) is 23.6 Å². The van der Waals surface area contributed by atoms with E-state index >= 15 is 0 Å². The van der Waals surface area contributed by atoms with Gasteiger partial charge < -0.3 is 15.0 Å². The molecule has 1 aromatic rings. The lowest BCUT2D eigenvalue weighted by Gasteiger charge is -2.18. The average molecular weight is 197 g/mol. The summed E-state index contributed by atoms with van der Waals surface area (Å²) in [5.41, 5.74) is 2.25. The lowest BCUT2D eigenvalue weighted by atomic mass is 10.1. The fraction of sp³-hybridized carbons (Fsp3) is 0.500. The van der Waals surface area contributed by atoms with Crippen LogP contribution in [0.5, 0.6) is 0 Å². The van der Waals surface area contributed by atoms with Crippen LogP contribution in [0.15, 0.2) is 0 Å². The molecule has 0 unspecified atom stereocenters. The Morgan fingerprint density at radius 1 is 1.62 bits per heavy atom. The van der Waals surface area contributed by atoms with Crippen LogP contribution >= 0.6 is 12.2 Å². The number of ether oxygens (including phenoxy) is 1. The Balaban J connectivity index is 2.57. The zero-order valence-corrected chi connectivity index (χ0v) is 8.20. The third-order valence-electron chi connectivity index (χ3n) is 2.10. The summed E-state index contributed by atoms with van der Waals surface area (Å²) in [6, 6.07) is 0.